The van der Waals surface area contributed by atoms with Crippen LogP contribution in [-0.4, -0.2) is 22.6 Å². The normalized spacial score (nSPS) is 53.9. The van der Waals surface area contributed by atoms with Gasteiger partial charge in [0.05, 0.1) is 6.10 Å². The monoisotopic (exact) mass is 304 g/mol. The quantitative estimate of drug-likeness (QED) is 0.745. The molecule has 1 N–H and O–H groups in total. The van der Waals surface area contributed by atoms with Crippen LogP contribution in [0.1, 0.15) is 59.3 Å². The highest BCUT2D eigenvalue weighted by atomic mass is 16.5. The van der Waals surface area contributed by atoms with Crippen LogP contribution in [0.4, 0.5) is 0 Å². The van der Waals surface area contributed by atoms with E-state index in [0.717, 1.165) is 37.9 Å². The molecule has 0 radical (unpaired) electrons. The zero-order valence-corrected chi connectivity index (χ0v) is 14.0. The molecule has 3 heteroatoms. The molecule has 2 bridgehead atoms. The van der Waals surface area contributed by atoms with E-state index in [2.05, 4.69) is 20.8 Å². The van der Waals surface area contributed by atoms with Crippen molar-refractivity contribution < 1.29 is 14.6 Å². The van der Waals surface area contributed by atoms with Gasteiger partial charge < -0.3 is 9.84 Å². The van der Waals surface area contributed by atoms with E-state index >= 15 is 0 Å². The Morgan fingerprint density at radius 2 is 1.95 bits per heavy atom. The number of carbonyl (C=O) groups is 1. The predicted molar refractivity (Wildman–Crippen MR) is 84.0 cm³/mol. The number of aliphatic hydroxyl groups is 1. The van der Waals surface area contributed by atoms with E-state index in [1.165, 1.54) is 0 Å². The number of hydrogen-bond donors (Lipinski definition) is 1. The van der Waals surface area contributed by atoms with E-state index in [0.29, 0.717) is 30.1 Å². The molecular formula is C19H28O3. The van der Waals surface area contributed by atoms with Crippen molar-refractivity contribution in [1.82, 2.24) is 0 Å². The molecule has 0 amide bonds. The van der Waals surface area contributed by atoms with Gasteiger partial charge in [-0.3, -0.25) is 4.79 Å². The first-order valence-electron chi connectivity index (χ1n) is 8.97. The standard InChI is InChI=1S/C19H28O3/c1-11-15-10-12(20)6-9-19(3,22-15)14-7-8-18(2)13(17(11)14)4-5-16(18)21/h10-11,13-14,16-17,21H,4-9H2,1-3H3/t11-,13-,14-,16-,17-,18-,19+/m0/s1. The molecule has 0 aromatic rings. The molecular weight excluding hydrogens is 276 g/mol. The fraction of sp³-hybridized carbons (Fsp3) is 0.842. The Bertz CT molecular complexity index is 539. The maximum atomic E-state index is 12.1. The van der Waals surface area contributed by atoms with Crippen LogP contribution in [0.2, 0.25) is 0 Å². The Morgan fingerprint density at radius 3 is 2.73 bits per heavy atom. The van der Waals surface area contributed by atoms with E-state index in [4.69, 9.17) is 4.74 Å². The molecule has 122 valence electrons. The summed E-state index contributed by atoms with van der Waals surface area (Å²) >= 11 is 0. The van der Waals surface area contributed by atoms with Crippen LogP contribution < -0.4 is 0 Å². The number of fused-ring (bicyclic) bond motifs is 6. The number of aliphatic hydroxyl groups excluding tert-OH is 1. The molecule has 0 spiro atoms. The molecule has 2 aliphatic carbocycles. The van der Waals surface area contributed by atoms with Gasteiger partial charge in [-0.05, 0) is 56.3 Å². The van der Waals surface area contributed by atoms with Gasteiger partial charge in [-0.1, -0.05) is 13.8 Å². The minimum atomic E-state index is -0.190. The summed E-state index contributed by atoms with van der Waals surface area (Å²) in [6, 6.07) is 0. The second-order valence-electron chi connectivity index (χ2n) is 8.64. The van der Waals surface area contributed by atoms with Crippen LogP contribution in [0, 0.1) is 29.1 Å². The van der Waals surface area contributed by atoms with Crippen LogP contribution in [0.15, 0.2) is 11.8 Å². The van der Waals surface area contributed by atoms with Crippen molar-refractivity contribution in [3.05, 3.63) is 11.8 Å². The van der Waals surface area contributed by atoms with E-state index < -0.39 is 0 Å². The molecule has 3 nitrogen and oxygen atoms in total. The summed E-state index contributed by atoms with van der Waals surface area (Å²) in [5, 5.41) is 10.5. The Labute approximate surface area is 133 Å². The molecule has 0 aromatic heterocycles. The maximum Gasteiger partial charge on any atom is 0.159 e. The van der Waals surface area contributed by atoms with Crippen LogP contribution in [0.5, 0.6) is 0 Å². The Balaban J connectivity index is 1.78. The van der Waals surface area contributed by atoms with Gasteiger partial charge in [0.15, 0.2) is 5.78 Å². The molecule has 2 aliphatic heterocycles. The lowest BCUT2D eigenvalue weighted by atomic mass is 9.52. The summed E-state index contributed by atoms with van der Waals surface area (Å²) in [6.07, 6.45) is 7.34. The van der Waals surface area contributed by atoms with Crippen LogP contribution in [-0.2, 0) is 9.53 Å². The molecule has 22 heavy (non-hydrogen) atoms. The molecule has 4 rings (SSSR count). The van der Waals surface area contributed by atoms with Crippen LogP contribution in [0.25, 0.3) is 0 Å². The molecule has 2 saturated carbocycles. The predicted octanol–water partition coefficient (Wildman–Crippen LogP) is 3.46. The Hall–Kier alpha value is -0.830. The zero-order chi connectivity index (χ0) is 15.7. The van der Waals surface area contributed by atoms with Gasteiger partial charge in [0.25, 0.3) is 0 Å². The largest absolute Gasteiger partial charge is 0.491 e. The second kappa shape index (κ2) is 4.59. The fourth-order valence-electron chi connectivity index (χ4n) is 6.20. The first-order valence-corrected chi connectivity index (χ1v) is 8.97. The lowest BCUT2D eigenvalue weighted by Gasteiger charge is -2.58. The Kier molecular flexibility index (Phi) is 3.08. The van der Waals surface area contributed by atoms with Gasteiger partial charge in [-0.2, -0.15) is 0 Å². The summed E-state index contributed by atoms with van der Waals surface area (Å²) < 4.78 is 6.37. The lowest BCUT2D eigenvalue weighted by molar-refractivity contribution is -0.168. The fourth-order valence-corrected chi connectivity index (χ4v) is 6.20. The van der Waals surface area contributed by atoms with Crippen LogP contribution in [0.3, 0.4) is 0 Å². The number of ketones is 1. The molecule has 3 fully saturated rings. The molecule has 0 aromatic carbocycles. The summed E-state index contributed by atoms with van der Waals surface area (Å²) in [6.45, 7) is 6.74. The summed E-state index contributed by atoms with van der Waals surface area (Å²) in [5.41, 5.74) is -0.124. The third kappa shape index (κ3) is 1.81. The van der Waals surface area contributed by atoms with Gasteiger partial charge in [0.1, 0.15) is 11.4 Å². The third-order valence-electron chi connectivity index (χ3n) is 7.62. The van der Waals surface area contributed by atoms with Crippen molar-refractivity contribution in [3.63, 3.8) is 0 Å². The number of hydrogen-bond acceptors (Lipinski definition) is 3. The second-order valence-corrected chi connectivity index (χ2v) is 8.64. The van der Waals surface area contributed by atoms with Crippen molar-refractivity contribution in [2.24, 2.45) is 29.1 Å². The van der Waals surface area contributed by atoms with Gasteiger partial charge in [-0.25, -0.2) is 0 Å². The molecule has 4 aliphatic rings. The van der Waals surface area contributed by atoms with E-state index in [1.54, 1.807) is 6.08 Å². The summed E-state index contributed by atoms with van der Waals surface area (Å²) in [5.74, 6) is 3.07. The Morgan fingerprint density at radius 1 is 1.18 bits per heavy atom. The molecule has 0 unspecified atom stereocenters. The van der Waals surface area contributed by atoms with Gasteiger partial charge >= 0.3 is 0 Å². The van der Waals surface area contributed by atoms with Gasteiger partial charge in [-0.15, -0.1) is 0 Å². The average Bonchev–Trinajstić information content (AvgIpc) is 2.69. The van der Waals surface area contributed by atoms with Crippen molar-refractivity contribution in [3.8, 4) is 0 Å². The minimum Gasteiger partial charge on any atom is -0.491 e. The van der Waals surface area contributed by atoms with E-state index in [9.17, 15) is 9.90 Å². The van der Waals surface area contributed by atoms with Crippen molar-refractivity contribution >= 4 is 5.78 Å². The van der Waals surface area contributed by atoms with Gasteiger partial charge in [0, 0.05) is 24.3 Å². The smallest absolute Gasteiger partial charge is 0.159 e. The number of carbonyl (C=O) groups excluding carboxylic acids is 1. The summed E-state index contributed by atoms with van der Waals surface area (Å²) in [4.78, 5) is 12.1. The first-order chi connectivity index (χ1) is 10.3. The first kappa shape index (κ1) is 14.7. The van der Waals surface area contributed by atoms with E-state index in [1.807, 2.05) is 0 Å². The van der Waals surface area contributed by atoms with Gasteiger partial charge in [0.2, 0.25) is 0 Å². The molecule has 2 heterocycles. The zero-order valence-electron chi connectivity index (χ0n) is 14.0. The van der Waals surface area contributed by atoms with Crippen molar-refractivity contribution in [2.45, 2.75) is 71.0 Å². The topological polar surface area (TPSA) is 46.5 Å². The number of ether oxygens (including phenoxy) is 1. The third-order valence-corrected chi connectivity index (χ3v) is 7.62. The number of rotatable bonds is 0. The van der Waals surface area contributed by atoms with E-state index in [-0.39, 0.29) is 22.9 Å². The number of allylic oxidation sites excluding steroid dienone is 2. The van der Waals surface area contributed by atoms with Crippen LogP contribution >= 0.6 is 0 Å². The highest BCUT2D eigenvalue weighted by Gasteiger charge is 2.61. The lowest BCUT2D eigenvalue weighted by Crippen LogP contribution is -2.56. The molecule has 7 atom stereocenters. The van der Waals surface area contributed by atoms with Crippen molar-refractivity contribution in [2.75, 3.05) is 0 Å². The maximum absolute atomic E-state index is 12.1. The highest BCUT2D eigenvalue weighted by molar-refractivity contribution is 5.90. The summed E-state index contributed by atoms with van der Waals surface area (Å²) in [7, 11) is 0. The SMILES string of the molecule is C[C@H]1C2=CC(=O)CC[C@@](C)(O2)[C@H]2CC[C@]3(C)[C@@H](O)CC[C@H]3[C@H]12. The minimum absolute atomic E-state index is 0.0663. The highest BCUT2D eigenvalue weighted by Crippen LogP contribution is 2.63. The average molecular weight is 304 g/mol. The van der Waals surface area contributed by atoms with Crippen molar-refractivity contribution in [1.29, 1.82) is 0 Å². The molecule has 1 saturated heterocycles.